The molecule has 0 unspecified atom stereocenters. The Balaban J connectivity index is 2.27. The van der Waals surface area contributed by atoms with Gasteiger partial charge in [0.05, 0.1) is 6.54 Å². The summed E-state index contributed by atoms with van der Waals surface area (Å²) < 4.78 is 1.80. The lowest BCUT2D eigenvalue weighted by Gasteiger charge is -2.19. The zero-order valence-electron chi connectivity index (χ0n) is 10.5. The first-order chi connectivity index (χ1) is 7.50. The molecule has 0 atom stereocenters. The lowest BCUT2D eigenvalue weighted by molar-refractivity contribution is 0.195. The summed E-state index contributed by atoms with van der Waals surface area (Å²) in [5.41, 5.74) is 2.51. The number of hydrogen-bond acceptors (Lipinski definition) is 1. The second-order valence-electron chi connectivity index (χ2n) is 5.26. The molecule has 16 heavy (non-hydrogen) atoms. The first-order valence-corrected chi connectivity index (χ1v) is 6.00. The number of carbonyl (C=O) groups excluding carboxylic acids is 1. The van der Waals surface area contributed by atoms with Gasteiger partial charge in [-0.1, -0.05) is 13.8 Å². The Morgan fingerprint density at radius 2 is 2.00 bits per heavy atom. The van der Waals surface area contributed by atoms with Crippen molar-refractivity contribution in [2.45, 2.75) is 46.7 Å². The number of fused-ring (bicyclic) bond motifs is 1. The van der Waals surface area contributed by atoms with Crippen LogP contribution in [0.1, 0.15) is 39.0 Å². The number of carbonyl (C=O) groups is 1. The van der Waals surface area contributed by atoms with Crippen LogP contribution >= 0.6 is 0 Å². The van der Waals surface area contributed by atoms with Crippen LogP contribution in [0.15, 0.2) is 12.3 Å². The van der Waals surface area contributed by atoms with Crippen LogP contribution in [0, 0.1) is 5.92 Å². The van der Waals surface area contributed by atoms with Crippen LogP contribution < -0.4 is 0 Å². The van der Waals surface area contributed by atoms with Gasteiger partial charge < -0.3 is 4.90 Å². The van der Waals surface area contributed by atoms with Gasteiger partial charge >= 0.3 is 6.03 Å². The fourth-order valence-electron chi connectivity index (χ4n) is 2.26. The van der Waals surface area contributed by atoms with Gasteiger partial charge in [-0.2, -0.15) is 0 Å². The molecule has 1 aliphatic rings. The van der Waals surface area contributed by atoms with Crippen LogP contribution in [0.4, 0.5) is 4.79 Å². The van der Waals surface area contributed by atoms with Crippen LogP contribution in [0.3, 0.4) is 0 Å². The molecule has 0 spiro atoms. The molecule has 1 amide bonds. The second kappa shape index (κ2) is 3.96. The normalized spacial score (nSPS) is 15.4. The molecule has 0 saturated heterocycles. The molecule has 1 aromatic rings. The van der Waals surface area contributed by atoms with Crippen molar-refractivity contribution in [2.75, 3.05) is 0 Å². The van der Waals surface area contributed by atoms with E-state index in [9.17, 15) is 4.79 Å². The monoisotopic (exact) mass is 220 g/mol. The van der Waals surface area contributed by atoms with Crippen LogP contribution in [0.2, 0.25) is 0 Å². The largest absolute Gasteiger partial charge is 0.329 e. The lowest BCUT2D eigenvalue weighted by atomic mass is 10.0. The number of rotatable bonds is 3. The number of hydrogen-bond donors (Lipinski definition) is 0. The Hall–Kier alpha value is -1.25. The molecule has 0 radical (unpaired) electrons. The van der Waals surface area contributed by atoms with Gasteiger partial charge in [0, 0.05) is 17.9 Å². The third kappa shape index (κ3) is 1.75. The Kier molecular flexibility index (Phi) is 2.78. The summed E-state index contributed by atoms with van der Waals surface area (Å²) in [4.78, 5) is 13.9. The van der Waals surface area contributed by atoms with Gasteiger partial charge in [-0.15, -0.1) is 0 Å². The van der Waals surface area contributed by atoms with E-state index in [1.165, 1.54) is 11.3 Å². The number of aromatic nitrogens is 1. The van der Waals surface area contributed by atoms with E-state index in [4.69, 9.17) is 0 Å². The van der Waals surface area contributed by atoms with Crippen molar-refractivity contribution in [1.29, 1.82) is 0 Å². The van der Waals surface area contributed by atoms with Crippen molar-refractivity contribution < 1.29 is 4.79 Å². The first-order valence-electron chi connectivity index (χ1n) is 6.00. The fraction of sp³-hybridized carbons (Fsp3) is 0.615. The fourth-order valence-corrected chi connectivity index (χ4v) is 2.26. The molecule has 0 fully saturated rings. The van der Waals surface area contributed by atoms with E-state index in [2.05, 4.69) is 33.8 Å². The number of amides is 1. The minimum atomic E-state index is 0.125. The number of nitrogens with zero attached hydrogens (tertiary/aromatic N) is 2. The SMILES string of the molecule is CC(C)Cc1ccn2c1CN(C(C)C)C2=O. The molecule has 0 N–H and O–H groups in total. The minimum absolute atomic E-state index is 0.125. The maximum atomic E-state index is 12.0. The van der Waals surface area contributed by atoms with Gasteiger partial charge in [0.15, 0.2) is 0 Å². The van der Waals surface area contributed by atoms with E-state index < -0.39 is 0 Å². The Morgan fingerprint density at radius 1 is 1.31 bits per heavy atom. The van der Waals surface area contributed by atoms with Gasteiger partial charge in [-0.3, -0.25) is 4.57 Å². The Morgan fingerprint density at radius 3 is 2.56 bits per heavy atom. The Labute approximate surface area is 97.1 Å². The van der Waals surface area contributed by atoms with Crippen molar-refractivity contribution in [3.8, 4) is 0 Å². The summed E-state index contributed by atoms with van der Waals surface area (Å²) >= 11 is 0. The van der Waals surface area contributed by atoms with Crippen molar-refractivity contribution in [3.63, 3.8) is 0 Å². The molecular weight excluding hydrogens is 200 g/mol. The van der Waals surface area contributed by atoms with E-state index in [1.54, 1.807) is 4.57 Å². The van der Waals surface area contributed by atoms with Crippen molar-refractivity contribution in [3.05, 3.63) is 23.5 Å². The molecule has 88 valence electrons. The second-order valence-corrected chi connectivity index (χ2v) is 5.26. The zero-order valence-corrected chi connectivity index (χ0v) is 10.5. The third-order valence-corrected chi connectivity index (χ3v) is 3.11. The van der Waals surface area contributed by atoms with Crippen LogP contribution in [-0.4, -0.2) is 21.5 Å². The topological polar surface area (TPSA) is 25.2 Å². The molecule has 0 aliphatic carbocycles. The summed E-state index contributed by atoms with van der Waals surface area (Å²) in [5, 5.41) is 0. The zero-order chi connectivity index (χ0) is 11.9. The van der Waals surface area contributed by atoms with E-state index in [-0.39, 0.29) is 12.1 Å². The van der Waals surface area contributed by atoms with Gasteiger partial charge in [0.25, 0.3) is 0 Å². The minimum Gasteiger partial charge on any atom is -0.316 e. The average molecular weight is 220 g/mol. The predicted octanol–water partition coefficient (Wildman–Crippen LogP) is 2.88. The highest BCUT2D eigenvalue weighted by Gasteiger charge is 2.30. The summed E-state index contributed by atoms with van der Waals surface area (Å²) in [6.07, 6.45) is 2.97. The molecule has 0 aromatic carbocycles. The molecule has 0 bridgehead atoms. The van der Waals surface area contributed by atoms with Gasteiger partial charge in [0.2, 0.25) is 0 Å². The first kappa shape index (κ1) is 11.2. The lowest BCUT2D eigenvalue weighted by Crippen LogP contribution is -2.32. The smallest absolute Gasteiger partial charge is 0.316 e. The average Bonchev–Trinajstić information content (AvgIpc) is 2.68. The molecule has 2 rings (SSSR count). The summed E-state index contributed by atoms with van der Waals surface area (Å²) in [5.74, 6) is 0.635. The van der Waals surface area contributed by atoms with Crippen molar-refractivity contribution >= 4 is 6.03 Å². The Bertz CT molecular complexity index is 404. The highest BCUT2D eigenvalue weighted by Crippen LogP contribution is 2.25. The van der Waals surface area contributed by atoms with Crippen LogP contribution in [0.25, 0.3) is 0 Å². The third-order valence-electron chi connectivity index (χ3n) is 3.11. The van der Waals surface area contributed by atoms with Gasteiger partial charge in [0.1, 0.15) is 0 Å². The molecule has 3 nitrogen and oxygen atoms in total. The van der Waals surface area contributed by atoms with Crippen molar-refractivity contribution in [1.82, 2.24) is 9.47 Å². The van der Waals surface area contributed by atoms with E-state index in [0.717, 1.165) is 13.0 Å². The maximum Gasteiger partial charge on any atom is 0.329 e. The molecule has 0 saturated carbocycles. The van der Waals surface area contributed by atoms with Crippen LogP contribution in [-0.2, 0) is 13.0 Å². The summed E-state index contributed by atoms with van der Waals surface area (Å²) in [6.45, 7) is 9.31. The van der Waals surface area contributed by atoms with E-state index in [0.29, 0.717) is 5.92 Å². The highest BCUT2D eigenvalue weighted by atomic mass is 16.2. The highest BCUT2D eigenvalue weighted by molar-refractivity contribution is 5.81. The summed E-state index contributed by atoms with van der Waals surface area (Å²) in [7, 11) is 0. The van der Waals surface area contributed by atoms with E-state index in [1.807, 2.05) is 11.1 Å². The maximum absolute atomic E-state index is 12.0. The van der Waals surface area contributed by atoms with Crippen molar-refractivity contribution in [2.24, 2.45) is 5.92 Å². The van der Waals surface area contributed by atoms with Crippen LogP contribution in [0.5, 0.6) is 0 Å². The quantitative estimate of drug-likeness (QED) is 0.769. The molecule has 1 aliphatic heterocycles. The summed E-state index contributed by atoms with van der Waals surface area (Å²) in [6, 6.07) is 2.49. The molecular formula is C13H20N2O. The predicted molar refractivity (Wildman–Crippen MR) is 64.4 cm³/mol. The molecule has 2 heterocycles. The van der Waals surface area contributed by atoms with Gasteiger partial charge in [-0.25, -0.2) is 4.79 Å². The standard InChI is InChI=1S/C13H20N2O/c1-9(2)7-11-5-6-14-12(11)8-15(10(3)4)13(14)16/h5-6,9-10H,7-8H2,1-4H3. The van der Waals surface area contributed by atoms with E-state index >= 15 is 0 Å². The molecule has 1 aromatic heterocycles. The van der Waals surface area contributed by atoms with Gasteiger partial charge in [-0.05, 0) is 37.8 Å². The molecule has 3 heteroatoms.